The Morgan fingerprint density at radius 3 is 2.56 bits per heavy atom. The number of hydrogen-bond donors (Lipinski definition) is 1. The Morgan fingerprint density at radius 2 is 2.12 bits per heavy atom. The van der Waals surface area contributed by atoms with Gasteiger partial charge in [0, 0.05) is 26.0 Å². The summed E-state index contributed by atoms with van der Waals surface area (Å²) in [4.78, 5) is 24.4. The molecule has 0 aliphatic rings. The number of nitrogens with zero attached hydrogens (tertiary/aromatic N) is 1. The summed E-state index contributed by atoms with van der Waals surface area (Å²) in [6, 6.07) is -0.471. The second-order valence-electron chi connectivity index (χ2n) is 3.38. The third-order valence-electron chi connectivity index (χ3n) is 2.11. The number of methoxy groups -OCH3 is 1. The molecule has 0 spiro atoms. The number of rotatable bonds is 6. The molecule has 6 heteroatoms. The molecule has 1 atom stereocenters. The monoisotopic (exact) mass is 250 g/mol. The van der Waals surface area contributed by atoms with E-state index in [4.69, 9.17) is 16.3 Å². The van der Waals surface area contributed by atoms with E-state index < -0.39 is 6.03 Å². The highest BCUT2D eigenvalue weighted by Crippen LogP contribution is 2.00. The van der Waals surface area contributed by atoms with Crippen LogP contribution in [-0.4, -0.2) is 49.0 Å². The van der Waals surface area contributed by atoms with Gasteiger partial charge >= 0.3 is 6.03 Å². The van der Waals surface area contributed by atoms with E-state index in [1.165, 1.54) is 4.90 Å². The highest BCUT2D eigenvalue weighted by molar-refractivity contribution is 6.19. The van der Waals surface area contributed by atoms with Crippen molar-refractivity contribution in [2.24, 2.45) is 0 Å². The summed E-state index contributed by atoms with van der Waals surface area (Å²) in [5.74, 6) is -0.151. The number of alkyl halides is 1. The number of carbonyl (C=O) groups excluding carboxylic acids is 2. The number of imide groups is 1. The molecule has 0 aromatic heterocycles. The lowest BCUT2D eigenvalue weighted by atomic mass is 10.3. The molecule has 0 radical (unpaired) electrons. The average Bonchev–Trinajstić information content (AvgIpc) is 2.19. The van der Waals surface area contributed by atoms with Crippen LogP contribution in [0.5, 0.6) is 0 Å². The van der Waals surface area contributed by atoms with Crippen LogP contribution in [0.25, 0.3) is 0 Å². The quantitative estimate of drug-likeness (QED) is 0.721. The lowest BCUT2D eigenvalue weighted by Gasteiger charge is -2.27. The van der Waals surface area contributed by atoms with Crippen LogP contribution in [0.4, 0.5) is 4.79 Å². The van der Waals surface area contributed by atoms with Gasteiger partial charge in [0.15, 0.2) is 0 Å². The molecule has 94 valence electrons. The van der Waals surface area contributed by atoms with Crippen molar-refractivity contribution in [3.8, 4) is 0 Å². The summed E-state index contributed by atoms with van der Waals surface area (Å²) in [5, 5.41) is 2.28. The van der Waals surface area contributed by atoms with Crippen molar-refractivity contribution >= 4 is 23.5 Å². The predicted octanol–water partition coefficient (Wildman–Crippen LogP) is 1.21. The second-order valence-corrected chi connectivity index (χ2v) is 3.76. The van der Waals surface area contributed by atoms with Crippen molar-refractivity contribution in [3.63, 3.8) is 0 Å². The molecule has 0 saturated heterocycles. The van der Waals surface area contributed by atoms with Crippen LogP contribution in [0.2, 0.25) is 0 Å². The minimum atomic E-state index is -0.401. The normalized spacial score (nSPS) is 12.0. The van der Waals surface area contributed by atoms with Gasteiger partial charge in [-0.05, 0) is 13.8 Å². The number of ether oxygens (including phenoxy) is 1. The Hall–Kier alpha value is -0.810. The maximum Gasteiger partial charge on any atom is 0.324 e. The van der Waals surface area contributed by atoms with Crippen molar-refractivity contribution in [2.45, 2.75) is 26.3 Å². The molecule has 5 nitrogen and oxygen atoms in total. The summed E-state index contributed by atoms with van der Waals surface area (Å²) < 4.78 is 4.96. The number of nitrogens with one attached hydrogen (secondary N) is 1. The van der Waals surface area contributed by atoms with Crippen LogP contribution in [-0.2, 0) is 9.53 Å². The number of amides is 3. The summed E-state index contributed by atoms with van der Waals surface area (Å²) in [6.45, 7) is 4.66. The van der Waals surface area contributed by atoms with Crippen LogP contribution in [0, 0.1) is 0 Å². The molecule has 0 rings (SSSR count). The van der Waals surface area contributed by atoms with E-state index in [0.29, 0.717) is 13.2 Å². The number of urea groups is 1. The van der Waals surface area contributed by atoms with Gasteiger partial charge in [0.05, 0.1) is 12.6 Å². The molecule has 1 unspecified atom stereocenters. The van der Waals surface area contributed by atoms with E-state index in [1.807, 2.05) is 13.8 Å². The largest absolute Gasteiger partial charge is 0.383 e. The second kappa shape index (κ2) is 8.35. The Labute approximate surface area is 101 Å². The van der Waals surface area contributed by atoms with Gasteiger partial charge in [0.1, 0.15) is 0 Å². The van der Waals surface area contributed by atoms with E-state index >= 15 is 0 Å². The van der Waals surface area contributed by atoms with Crippen molar-refractivity contribution in [1.29, 1.82) is 0 Å². The van der Waals surface area contributed by atoms with Gasteiger partial charge in [0.2, 0.25) is 5.91 Å². The summed E-state index contributed by atoms with van der Waals surface area (Å²) >= 11 is 5.40. The first-order valence-electron chi connectivity index (χ1n) is 5.22. The first kappa shape index (κ1) is 15.2. The maximum atomic E-state index is 11.7. The topological polar surface area (TPSA) is 58.6 Å². The molecule has 0 aromatic carbocycles. The van der Waals surface area contributed by atoms with E-state index in [9.17, 15) is 9.59 Å². The molecule has 0 fully saturated rings. The van der Waals surface area contributed by atoms with Crippen molar-refractivity contribution in [2.75, 3.05) is 26.1 Å². The van der Waals surface area contributed by atoms with E-state index in [1.54, 1.807) is 7.11 Å². The summed E-state index contributed by atoms with van der Waals surface area (Å²) in [7, 11) is 1.57. The zero-order valence-electron chi connectivity index (χ0n) is 9.96. The van der Waals surface area contributed by atoms with Gasteiger partial charge in [0.25, 0.3) is 0 Å². The fourth-order valence-corrected chi connectivity index (χ4v) is 1.50. The molecule has 16 heavy (non-hydrogen) atoms. The molecule has 0 heterocycles. The number of halogens is 1. The van der Waals surface area contributed by atoms with Crippen LogP contribution in [0.1, 0.15) is 20.3 Å². The van der Waals surface area contributed by atoms with Crippen molar-refractivity contribution in [1.82, 2.24) is 10.2 Å². The van der Waals surface area contributed by atoms with E-state index in [0.717, 1.165) is 0 Å². The van der Waals surface area contributed by atoms with Crippen molar-refractivity contribution in [3.05, 3.63) is 0 Å². The molecule has 0 aliphatic carbocycles. The van der Waals surface area contributed by atoms with Gasteiger partial charge in [-0.25, -0.2) is 4.79 Å². The number of carbonyl (C=O) groups is 2. The minimum absolute atomic E-state index is 0.0706. The Kier molecular flexibility index (Phi) is 7.93. The first-order valence-corrected chi connectivity index (χ1v) is 5.75. The third kappa shape index (κ3) is 5.32. The van der Waals surface area contributed by atoms with Gasteiger partial charge in [-0.15, -0.1) is 11.6 Å². The first-order chi connectivity index (χ1) is 7.56. The van der Waals surface area contributed by atoms with Gasteiger partial charge in [-0.2, -0.15) is 0 Å². The lowest BCUT2D eigenvalue weighted by molar-refractivity contribution is -0.119. The fraction of sp³-hybridized carbons (Fsp3) is 0.800. The highest BCUT2D eigenvalue weighted by Gasteiger charge is 2.19. The smallest absolute Gasteiger partial charge is 0.324 e. The van der Waals surface area contributed by atoms with Gasteiger partial charge in [-0.3, -0.25) is 10.1 Å². The Bertz CT molecular complexity index is 236. The Morgan fingerprint density at radius 1 is 1.50 bits per heavy atom. The summed E-state index contributed by atoms with van der Waals surface area (Å²) in [6.07, 6.45) is 0.142. The predicted molar refractivity (Wildman–Crippen MR) is 62.6 cm³/mol. The van der Waals surface area contributed by atoms with Crippen molar-refractivity contribution < 1.29 is 14.3 Å². The molecule has 0 bridgehead atoms. The van der Waals surface area contributed by atoms with E-state index in [2.05, 4.69) is 5.32 Å². The fourth-order valence-electron chi connectivity index (χ4n) is 1.33. The van der Waals surface area contributed by atoms with Crippen LogP contribution in [0.15, 0.2) is 0 Å². The third-order valence-corrected chi connectivity index (χ3v) is 2.30. The molecule has 0 saturated carbocycles. The van der Waals surface area contributed by atoms with Crippen LogP contribution >= 0.6 is 11.6 Å². The molecule has 0 aromatic rings. The van der Waals surface area contributed by atoms with Gasteiger partial charge < -0.3 is 9.64 Å². The number of likely N-dealkylation sites (N-methyl/N-ethyl adjacent to an activating group) is 1. The maximum absolute atomic E-state index is 11.7. The minimum Gasteiger partial charge on any atom is -0.383 e. The molecular weight excluding hydrogens is 232 g/mol. The molecule has 1 N–H and O–H groups in total. The highest BCUT2D eigenvalue weighted by atomic mass is 35.5. The van der Waals surface area contributed by atoms with Crippen LogP contribution < -0.4 is 5.32 Å². The van der Waals surface area contributed by atoms with Gasteiger partial charge in [-0.1, -0.05) is 0 Å². The Balaban J connectivity index is 4.25. The summed E-state index contributed by atoms with van der Waals surface area (Å²) in [5.41, 5.74) is 0. The lowest BCUT2D eigenvalue weighted by Crippen LogP contribution is -2.48. The number of hydrogen-bond acceptors (Lipinski definition) is 3. The molecular formula is C10H19ClN2O3. The van der Waals surface area contributed by atoms with Crippen LogP contribution in [0.3, 0.4) is 0 Å². The standard InChI is InChI=1S/C10H19ClN2O3/c1-4-13(8(2)7-16-3)10(15)12-9(14)5-6-11/h8H,4-7H2,1-3H3,(H,12,14,15). The molecule has 3 amide bonds. The zero-order chi connectivity index (χ0) is 12.6. The molecule has 0 aliphatic heterocycles. The van der Waals surface area contributed by atoms with E-state index in [-0.39, 0.29) is 24.2 Å². The average molecular weight is 251 g/mol. The SMILES string of the molecule is CCN(C(=O)NC(=O)CCCl)C(C)COC. The zero-order valence-corrected chi connectivity index (χ0v) is 10.7.